The summed E-state index contributed by atoms with van der Waals surface area (Å²) < 4.78 is 12.1. The van der Waals surface area contributed by atoms with E-state index in [1.54, 1.807) is 34.2 Å². The zero-order valence-corrected chi connectivity index (χ0v) is 17.3. The molecule has 9 nitrogen and oxygen atoms in total. The van der Waals surface area contributed by atoms with Crippen LogP contribution in [0.1, 0.15) is 43.1 Å². The van der Waals surface area contributed by atoms with E-state index < -0.39 is 0 Å². The number of carbonyl (C=O) groups is 2. The van der Waals surface area contributed by atoms with E-state index in [9.17, 15) is 9.59 Å². The molecule has 0 aliphatic carbocycles. The molecule has 1 N–H and O–H groups in total. The number of amides is 2. The third-order valence-corrected chi connectivity index (χ3v) is 5.34. The Kier molecular flexibility index (Phi) is 5.43. The predicted octanol–water partition coefficient (Wildman–Crippen LogP) is 3.23. The van der Waals surface area contributed by atoms with Crippen molar-refractivity contribution in [3.63, 3.8) is 0 Å². The van der Waals surface area contributed by atoms with Crippen LogP contribution in [-0.2, 0) is 4.74 Å². The van der Waals surface area contributed by atoms with Crippen molar-refractivity contribution in [3.8, 4) is 11.5 Å². The van der Waals surface area contributed by atoms with Gasteiger partial charge in [-0.05, 0) is 44.9 Å². The molecular weight excluding hydrogens is 386 g/mol. The summed E-state index contributed by atoms with van der Waals surface area (Å²) in [5, 5.41) is 8.23. The third-order valence-electron chi connectivity index (χ3n) is 5.34. The molecule has 0 saturated carbocycles. The van der Waals surface area contributed by atoms with E-state index in [2.05, 4.69) is 10.4 Å². The van der Waals surface area contributed by atoms with Crippen molar-refractivity contribution in [1.29, 1.82) is 0 Å². The van der Waals surface area contributed by atoms with Crippen molar-refractivity contribution >= 4 is 23.0 Å². The van der Waals surface area contributed by atoms with Gasteiger partial charge in [-0.1, -0.05) is 0 Å². The summed E-state index contributed by atoms with van der Waals surface area (Å²) in [6.07, 6.45) is 4.27. The molecule has 0 aromatic carbocycles. The van der Waals surface area contributed by atoms with Crippen LogP contribution in [0.3, 0.4) is 0 Å². The minimum atomic E-state index is -0.334. The van der Waals surface area contributed by atoms with Crippen LogP contribution in [0.4, 0.5) is 4.79 Å². The number of pyridine rings is 1. The van der Waals surface area contributed by atoms with Gasteiger partial charge in [0.25, 0.3) is 5.91 Å². The lowest BCUT2D eigenvalue weighted by molar-refractivity contribution is 0.0893. The lowest BCUT2D eigenvalue weighted by Crippen LogP contribution is -2.46. The Balaban J connectivity index is 1.61. The summed E-state index contributed by atoms with van der Waals surface area (Å²) >= 11 is 0. The molecule has 1 saturated heterocycles. The van der Waals surface area contributed by atoms with Gasteiger partial charge in [0.05, 0.1) is 30.5 Å². The summed E-state index contributed by atoms with van der Waals surface area (Å²) in [5.74, 6) is 0.406. The number of furan rings is 1. The van der Waals surface area contributed by atoms with Gasteiger partial charge in [0.15, 0.2) is 11.4 Å². The molecule has 0 radical (unpaired) electrons. The highest BCUT2D eigenvalue weighted by molar-refractivity contribution is 6.06. The standard InChI is InChI=1S/C21H25N5O4/c1-13(2)26-19-16(12-22-26)15(11-17(24-19)18-5-4-10-30-18)20(27)23-14-6-8-25(9-7-14)21(28)29-3/h4-5,10-14H,6-9H2,1-3H3,(H,23,27). The number of nitrogens with one attached hydrogen (secondary N) is 1. The first-order chi connectivity index (χ1) is 14.5. The summed E-state index contributed by atoms with van der Waals surface area (Å²) in [6.45, 7) is 5.13. The first-order valence-electron chi connectivity index (χ1n) is 10.0. The first-order valence-corrected chi connectivity index (χ1v) is 10.0. The maximum atomic E-state index is 13.2. The van der Waals surface area contributed by atoms with Gasteiger partial charge in [-0.3, -0.25) is 4.79 Å². The van der Waals surface area contributed by atoms with Gasteiger partial charge < -0.3 is 19.4 Å². The minimum absolute atomic E-state index is 0.0196. The lowest BCUT2D eigenvalue weighted by atomic mass is 10.0. The number of nitrogens with zero attached hydrogens (tertiary/aromatic N) is 4. The largest absolute Gasteiger partial charge is 0.463 e. The van der Waals surface area contributed by atoms with Crippen molar-refractivity contribution in [2.45, 2.75) is 38.8 Å². The van der Waals surface area contributed by atoms with E-state index in [4.69, 9.17) is 14.1 Å². The number of ether oxygens (including phenoxy) is 1. The lowest BCUT2D eigenvalue weighted by Gasteiger charge is -2.31. The molecule has 2 amide bonds. The fourth-order valence-corrected chi connectivity index (χ4v) is 3.73. The van der Waals surface area contributed by atoms with Crippen LogP contribution in [0.5, 0.6) is 0 Å². The van der Waals surface area contributed by atoms with Crippen LogP contribution < -0.4 is 5.32 Å². The van der Waals surface area contributed by atoms with E-state index in [1.165, 1.54) is 7.11 Å². The van der Waals surface area contributed by atoms with E-state index in [0.717, 1.165) is 0 Å². The molecule has 3 aromatic rings. The van der Waals surface area contributed by atoms with Gasteiger partial charge in [-0.2, -0.15) is 5.10 Å². The molecule has 1 aliphatic heterocycles. The summed E-state index contributed by atoms with van der Waals surface area (Å²) in [7, 11) is 1.37. The van der Waals surface area contributed by atoms with Crippen LogP contribution in [0.25, 0.3) is 22.5 Å². The molecule has 0 spiro atoms. The smallest absolute Gasteiger partial charge is 0.409 e. The van der Waals surface area contributed by atoms with Crippen molar-refractivity contribution in [2.75, 3.05) is 20.2 Å². The van der Waals surface area contributed by atoms with E-state index in [1.807, 2.05) is 19.9 Å². The highest BCUT2D eigenvalue weighted by Crippen LogP contribution is 2.27. The summed E-state index contributed by atoms with van der Waals surface area (Å²) in [6, 6.07) is 5.42. The summed E-state index contributed by atoms with van der Waals surface area (Å²) in [4.78, 5) is 31.2. The number of aromatic nitrogens is 3. The molecular formula is C21H25N5O4. The molecule has 9 heteroatoms. The number of carbonyl (C=O) groups excluding carboxylic acids is 2. The number of methoxy groups -OCH3 is 1. The normalized spacial score (nSPS) is 15.0. The van der Waals surface area contributed by atoms with Crippen molar-refractivity contribution in [3.05, 3.63) is 36.2 Å². The molecule has 0 bridgehead atoms. The Labute approximate surface area is 174 Å². The third kappa shape index (κ3) is 3.74. The molecule has 1 aliphatic rings. The SMILES string of the molecule is COC(=O)N1CCC(NC(=O)c2cc(-c3ccco3)nc3c2cnn3C(C)C)CC1. The van der Waals surface area contributed by atoms with E-state index in [0.29, 0.717) is 54.0 Å². The number of likely N-dealkylation sites (tertiary alicyclic amines) is 1. The monoisotopic (exact) mass is 411 g/mol. The predicted molar refractivity (Wildman–Crippen MR) is 110 cm³/mol. The number of hydrogen-bond donors (Lipinski definition) is 1. The van der Waals surface area contributed by atoms with Gasteiger partial charge in [-0.15, -0.1) is 0 Å². The fourth-order valence-electron chi connectivity index (χ4n) is 3.73. The fraction of sp³-hybridized carbons (Fsp3) is 0.429. The quantitative estimate of drug-likeness (QED) is 0.707. The average molecular weight is 411 g/mol. The van der Waals surface area contributed by atoms with Gasteiger partial charge >= 0.3 is 6.09 Å². The minimum Gasteiger partial charge on any atom is -0.463 e. The topological polar surface area (TPSA) is 102 Å². The van der Waals surface area contributed by atoms with Crippen molar-refractivity contribution in [1.82, 2.24) is 25.0 Å². The van der Waals surface area contributed by atoms with Crippen LogP contribution in [-0.4, -0.2) is 57.9 Å². The summed E-state index contributed by atoms with van der Waals surface area (Å²) in [5.41, 5.74) is 1.74. The highest BCUT2D eigenvalue weighted by Gasteiger charge is 2.26. The number of piperidine rings is 1. The van der Waals surface area contributed by atoms with E-state index >= 15 is 0 Å². The van der Waals surface area contributed by atoms with Gasteiger partial charge in [0.2, 0.25) is 0 Å². The number of hydrogen-bond acceptors (Lipinski definition) is 6. The van der Waals surface area contributed by atoms with Crippen LogP contribution in [0.2, 0.25) is 0 Å². The highest BCUT2D eigenvalue weighted by atomic mass is 16.5. The average Bonchev–Trinajstić information content (AvgIpc) is 3.42. The zero-order valence-electron chi connectivity index (χ0n) is 17.3. The molecule has 4 rings (SSSR count). The first kappa shape index (κ1) is 19.9. The molecule has 0 unspecified atom stereocenters. The van der Waals surface area contributed by atoms with Crippen LogP contribution >= 0.6 is 0 Å². The maximum Gasteiger partial charge on any atom is 0.409 e. The Hall–Kier alpha value is -3.36. The molecule has 30 heavy (non-hydrogen) atoms. The Morgan fingerprint density at radius 3 is 2.70 bits per heavy atom. The molecule has 0 atom stereocenters. The Morgan fingerprint density at radius 1 is 1.30 bits per heavy atom. The maximum absolute atomic E-state index is 13.2. The molecule has 158 valence electrons. The van der Waals surface area contributed by atoms with Crippen molar-refractivity contribution < 1.29 is 18.7 Å². The van der Waals surface area contributed by atoms with Gasteiger partial charge in [-0.25, -0.2) is 14.5 Å². The second-order valence-electron chi connectivity index (χ2n) is 7.66. The van der Waals surface area contributed by atoms with Gasteiger partial charge in [0.1, 0.15) is 5.69 Å². The van der Waals surface area contributed by atoms with Crippen LogP contribution in [0, 0.1) is 0 Å². The molecule has 3 aromatic heterocycles. The molecule has 4 heterocycles. The molecule has 1 fully saturated rings. The second-order valence-corrected chi connectivity index (χ2v) is 7.66. The second kappa shape index (κ2) is 8.17. The Bertz CT molecular complexity index is 1050. The van der Waals surface area contributed by atoms with E-state index in [-0.39, 0.29) is 24.1 Å². The number of fused-ring (bicyclic) bond motifs is 1. The van der Waals surface area contributed by atoms with Crippen molar-refractivity contribution in [2.24, 2.45) is 0 Å². The van der Waals surface area contributed by atoms with Crippen LogP contribution in [0.15, 0.2) is 35.1 Å². The van der Waals surface area contributed by atoms with Gasteiger partial charge in [0, 0.05) is 25.2 Å². The number of rotatable bonds is 4. The zero-order chi connectivity index (χ0) is 21.3. The Morgan fingerprint density at radius 2 is 2.07 bits per heavy atom.